The van der Waals surface area contributed by atoms with Gasteiger partial charge >= 0.3 is 0 Å². The Labute approximate surface area is 125 Å². The summed E-state index contributed by atoms with van der Waals surface area (Å²) in [4.78, 5) is 22.4. The van der Waals surface area contributed by atoms with Crippen molar-refractivity contribution in [2.24, 2.45) is 0 Å². The maximum atomic E-state index is 11.9. The van der Waals surface area contributed by atoms with Crippen LogP contribution in [0.25, 0.3) is 0 Å². The van der Waals surface area contributed by atoms with E-state index >= 15 is 0 Å². The van der Waals surface area contributed by atoms with Crippen LogP contribution >= 0.6 is 0 Å². The highest BCUT2D eigenvalue weighted by Crippen LogP contribution is 2.25. The summed E-state index contributed by atoms with van der Waals surface area (Å²) in [6.07, 6.45) is 2.39. The van der Waals surface area contributed by atoms with Gasteiger partial charge in [0.25, 0.3) is 11.6 Å². The number of nitrogens with one attached hydrogen (secondary N) is 2. The lowest BCUT2D eigenvalue weighted by Gasteiger charge is -2.08. The van der Waals surface area contributed by atoms with Crippen molar-refractivity contribution in [3.05, 3.63) is 33.9 Å². The van der Waals surface area contributed by atoms with E-state index in [0.717, 1.165) is 6.42 Å². The summed E-state index contributed by atoms with van der Waals surface area (Å²) in [5.74, 6) is -0.0603. The van der Waals surface area contributed by atoms with Gasteiger partial charge in [-0.3, -0.25) is 19.1 Å². The Morgan fingerprint density at radius 2 is 2.10 bits per heavy atom. The summed E-state index contributed by atoms with van der Waals surface area (Å²) >= 11 is 0. The first-order valence-electron chi connectivity index (χ1n) is 6.56. The molecule has 0 bridgehead atoms. The smallest absolute Gasteiger partial charge is 0.293 e. The lowest BCUT2D eigenvalue weighted by atomic mass is 10.1. The molecule has 1 aromatic carbocycles. The summed E-state index contributed by atoms with van der Waals surface area (Å²) in [5, 5.41) is 16.6. The number of rotatable bonds is 8. The second kappa shape index (κ2) is 8.35. The van der Waals surface area contributed by atoms with E-state index in [1.165, 1.54) is 18.2 Å². The lowest BCUT2D eigenvalue weighted by Crippen LogP contribution is -2.27. The van der Waals surface area contributed by atoms with Gasteiger partial charge < -0.3 is 10.6 Å². The van der Waals surface area contributed by atoms with Crippen molar-refractivity contribution in [3.8, 4) is 0 Å². The molecule has 0 radical (unpaired) electrons. The van der Waals surface area contributed by atoms with E-state index in [1.54, 1.807) is 6.26 Å². The molecule has 1 amide bonds. The van der Waals surface area contributed by atoms with Crippen molar-refractivity contribution in [2.75, 3.05) is 30.4 Å². The average molecular weight is 313 g/mol. The van der Waals surface area contributed by atoms with Crippen molar-refractivity contribution in [2.45, 2.75) is 13.3 Å². The molecule has 1 rings (SSSR count). The third-order valence-corrected chi connectivity index (χ3v) is 3.48. The SMILES string of the molecule is CCCNc1ccc(C(=O)NCCS(C)=O)cc1[N+](=O)[O-]. The van der Waals surface area contributed by atoms with Crippen LogP contribution in [0.15, 0.2) is 18.2 Å². The predicted octanol–water partition coefficient (Wildman–Crippen LogP) is 1.52. The van der Waals surface area contributed by atoms with Crippen molar-refractivity contribution in [1.82, 2.24) is 5.32 Å². The molecule has 0 aliphatic carbocycles. The Balaban J connectivity index is 2.84. The molecule has 8 heteroatoms. The van der Waals surface area contributed by atoms with Gasteiger partial charge in [-0.05, 0) is 18.6 Å². The monoisotopic (exact) mass is 313 g/mol. The number of nitro groups is 1. The van der Waals surface area contributed by atoms with E-state index in [9.17, 15) is 19.1 Å². The molecule has 0 aromatic heterocycles. The molecule has 1 unspecified atom stereocenters. The van der Waals surface area contributed by atoms with Crippen molar-refractivity contribution in [3.63, 3.8) is 0 Å². The third kappa shape index (κ3) is 5.50. The van der Waals surface area contributed by atoms with Gasteiger partial charge in [0.05, 0.1) is 4.92 Å². The van der Waals surface area contributed by atoms with E-state index in [4.69, 9.17) is 0 Å². The number of nitrogens with zero attached hydrogens (tertiary/aromatic N) is 1. The van der Waals surface area contributed by atoms with Gasteiger partial charge in [-0.25, -0.2) is 0 Å². The topological polar surface area (TPSA) is 101 Å². The van der Waals surface area contributed by atoms with Crippen LogP contribution in [-0.2, 0) is 10.8 Å². The van der Waals surface area contributed by atoms with Crippen LogP contribution in [0.1, 0.15) is 23.7 Å². The lowest BCUT2D eigenvalue weighted by molar-refractivity contribution is -0.384. The fourth-order valence-corrected chi connectivity index (χ4v) is 2.03. The molecule has 2 N–H and O–H groups in total. The van der Waals surface area contributed by atoms with Gasteiger partial charge in [-0.1, -0.05) is 6.92 Å². The van der Waals surface area contributed by atoms with Gasteiger partial charge in [-0.15, -0.1) is 0 Å². The van der Waals surface area contributed by atoms with Crippen LogP contribution in [0.3, 0.4) is 0 Å². The Hall–Kier alpha value is -1.96. The molecule has 21 heavy (non-hydrogen) atoms. The van der Waals surface area contributed by atoms with E-state index in [2.05, 4.69) is 10.6 Å². The van der Waals surface area contributed by atoms with E-state index in [1.807, 2.05) is 6.92 Å². The fraction of sp³-hybridized carbons (Fsp3) is 0.462. The number of nitro benzene ring substituents is 1. The minimum atomic E-state index is -0.991. The Morgan fingerprint density at radius 3 is 2.67 bits per heavy atom. The molecule has 7 nitrogen and oxygen atoms in total. The number of benzene rings is 1. The second-order valence-corrected chi connectivity index (χ2v) is 6.00. The summed E-state index contributed by atoms with van der Waals surface area (Å²) < 4.78 is 10.9. The average Bonchev–Trinajstić information content (AvgIpc) is 2.44. The summed E-state index contributed by atoms with van der Waals surface area (Å²) in [6.45, 7) is 2.85. The Morgan fingerprint density at radius 1 is 1.38 bits per heavy atom. The van der Waals surface area contributed by atoms with E-state index in [-0.39, 0.29) is 17.8 Å². The fourth-order valence-electron chi connectivity index (χ4n) is 1.64. The zero-order chi connectivity index (χ0) is 15.8. The van der Waals surface area contributed by atoms with Crippen LogP contribution in [0.2, 0.25) is 0 Å². The molecule has 0 heterocycles. The Bertz CT molecular complexity index is 548. The number of carbonyl (C=O) groups excluding carboxylic acids is 1. The molecular weight excluding hydrogens is 294 g/mol. The van der Waals surface area contributed by atoms with Crippen molar-refractivity contribution < 1.29 is 13.9 Å². The highest BCUT2D eigenvalue weighted by atomic mass is 32.2. The van der Waals surface area contributed by atoms with Crippen LogP contribution in [0.4, 0.5) is 11.4 Å². The minimum absolute atomic E-state index is 0.129. The molecule has 1 aromatic rings. The van der Waals surface area contributed by atoms with Crippen LogP contribution in [0, 0.1) is 10.1 Å². The number of anilines is 1. The standard InChI is InChI=1S/C13H19N3O4S/c1-3-6-14-11-5-4-10(9-12(11)16(18)19)13(17)15-7-8-21(2)20/h4-5,9,14H,3,6-8H2,1-2H3,(H,15,17). The predicted molar refractivity (Wildman–Crippen MR) is 83.1 cm³/mol. The number of hydrogen-bond donors (Lipinski definition) is 2. The largest absolute Gasteiger partial charge is 0.380 e. The summed E-state index contributed by atoms with van der Waals surface area (Å²) in [7, 11) is -0.991. The maximum absolute atomic E-state index is 11.9. The third-order valence-electron chi connectivity index (χ3n) is 2.70. The summed E-state index contributed by atoms with van der Waals surface area (Å²) in [6, 6.07) is 4.31. The van der Waals surface area contributed by atoms with Crippen LogP contribution in [0.5, 0.6) is 0 Å². The quantitative estimate of drug-likeness (QED) is 0.560. The second-order valence-electron chi connectivity index (χ2n) is 4.45. The molecule has 0 aliphatic rings. The van der Waals surface area contributed by atoms with Crippen LogP contribution in [-0.4, -0.2) is 40.1 Å². The van der Waals surface area contributed by atoms with Gasteiger partial charge in [0.15, 0.2) is 0 Å². The van der Waals surface area contributed by atoms with Gasteiger partial charge in [0, 0.05) is 47.5 Å². The number of hydrogen-bond acceptors (Lipinski definition) is 5. The molecule has 0 saturated heterocycles. The zero-order valence-corrected chi connectivity index (χ0v) is 12.9. The molecule has 0 spiro atoms. The molecular formula is C13H19N3O4S. The first-order chi connectivity index (χ1) is 9.95. The van der Waals surface area contributed by atoms with E-state index < -0.39 is 21.6 Å². The Kier molecular flexibility index (Phi) is 6.80. The first-order valence-corrected chi connectivity index (χ1v) is 8.29. The molecule has 0 saturated carbocycles. The maximum Gasteiger partial charge on any atom is 0.293 e. The van der Waals surface area contributed by atoms with Crippen LogP contribution < -0.4 is 10.6 Å². The first kappa shape index (κ1) is 17.1. The van der Waals surface area contributed by atoms with Crippen molar-refractivity contribution >= 4 is 28.1 Å². The number of carbonyl (C=O) groups is 1. The zero-order valence-electron chi connectivity index (χ0n) is 12.0. The summed E-state index contributed by atoms with van der Waals surface area (Å²) in [5.41, 5.74) is 0.480. The normalized spacial score (nSPS) is 11.7. The number of amides is 1. The van der Waals surface area contributed by atoms with Gasteiger partial charge in [0.1, 0.15) is 5.69 Å². The molecule has 116 valence electrons. The minimum Gasteiger partial charge on any atom is -0.380 e. The molecule has 1 atom stereocenters. The molecule has 0 fully saturated rings. The van der Waals surface area contributed by atoms with E-state index in [0.29, 0.717) is 18.0 Å². The highest BCUT2D eigenvalue weighted by Gasteiger charge is 2.17. The van der Waals surface area contributed by atoms with Gasteiger partial charge in [0.2, 0.25) is 0 Å². The van der Waals surface area contributed by atoms with Crippen molar-refractivity contribution in [1.29, 1.82) is 0 Å². The van der Waals surface area contributed by atoms with Gasteiger partial charge in [-0.2, -0.15) is 0 Å². The molecule has 0 aliphatic heterocycles. The highest BCUT2D eigenvalue weighted by molar-refractivity contribution is 7.84.